The first-order valence-corrected chi connectivity index (χ1v) is 15.2. The molecule has 0 atom stereocenters. The monoisotopic (exact) mass is 574 g/mol. The van der Waals surface area contributed by atoms with Crippen molar-refractivity contribution in [1.82, 2.24) is 0 Å². The van der Waals surface area contributed by atoms with Crippen molar-refractivity contribution in [3.8, 4) is 16.9 Å². The van der Waals surface area contributed by atoms with Gasteiger partial charge in [-0.05, 0) is 72.4 Å². The minimum Gasteiger partial charge on any atom is -0.494 e. The van der Waals surface area contributed by atoms with Gasteiger partial charge >= 0.3 is 11.9 Å². The maximum atomic E-state index is 11.7. The molecule has 0 unspecified atom stereocenters. The molecule has 3 aromatic carbocycles. The summed E-state index contributed by atoms with van der Waals surface area (Å²) in [5, 5.41) is 17.5. The third-order valence-corrected chi connectivity index (χ3v) is 7.00. The van der Waals surface area contributed by atoms with E-state index < -0.39 is 11.9 Å². The van der Waals surface area contributed by atoms with Crippen molar-refractivity contribution in [3.05, 3.63) is 89.5 Å². The Labute approximate surface area is 250 Å². The maximum absolute atomic E-state index is 11.7. The van der Waals surface area contributed by atoms with Crippen molar-refractivity contribution in [2.24, 2.45) is 0 Å². The number of carbonyl (C=O) groups excluding carboxylic acids is 1. The van der Waals surface area contributed by atoms with E-state index in [0.717, 1.165) is 29.7 Å². The summed E-state index contributed by atoms with van der Waals surface area (Å²) in [6, 6.07) is 22.5. The Morgan fingerprint density at radius 2 is 1.12 bits per heavy atom. The van der Waals surface area contributed by atoms with E-state index in [1.54, 1.807) is 36.4 Å². The number of carboxylic acid groups (broad SMARTS) is 2. The Morgan fingerprint density at radius 1 is 0.595 bits per heavy atom. The molecule has 2 N–H and O–H groups in total. The first-order chi connectivity index (χ1) is 20.3. The number of unbranched alkanes of at least 4 members (excludes halogenated alkanes) is 7. The zero-order chi connectivity index (χ0) is 30.6. The average Bonchev–Trinajstić information content (AvgIpc) is 3.00. The van der Waals surface area contributed by atoms with Crippen LogP contribution in [-0.4, -0.2) is 34.5 Å². The number of carbonyl (C=O) groups is 3. The molecule has 226 valence electrons. The molecule has 6 nitrogen and oxygen atoms in total. The van der Waals surface area contributed by atoms with Crippen molar-refractivity contribution in [3.63, 3.8) is 0 Å². The Balaban J connectivity index is 0.000000295. The van der Waals surface area contributed by atoms with E-state index >= 15 is 0 Å². The van der Waals surface area contributed by atoms with Gasteiger partial charge in [-0.1, -0.05) is 95.2 Å². The summed E-state index contributed by atoms with van der Waals surface area (Å²) in [7, 11) is 0. The number of rotatable bonds is 18. The lowest BCUT2D eigenvalue weighted by Crippen LogP contribution is -2.04. The van der Waals surface area contributed by atoms with Gasteiger partial charge in [-0.15, -0.1) is 0 Å². The predicted octanol–water partition coefficient (Wildman–Crippen LogP) is 9.26. The van der Waals surface area contributed by atoms with E-state index in [1.165, 1.54) is 56.9 Å². The van der Waals surface area contributed by atoms with Crippen molar-refractivity contribution >= 4 is 17.7 Å². The third kappa shape index (κ3) is 13.6. The SMILES string of the molecule is CCCCCCCc1ccc(-c2ccc(C(=O)O)cc2)cc1.CCCCCCOc1ccc(C(=O)CCC(=O)O)cc1. The Bertz CT molecular complexity index is 1200. The normalized spacial score (nSPS) is 10.4. The lowest BCUT2D eigenvalue weighted by molar-refractivity contribution is -0.136. The average molecular weight is 575 g/mol. The van der Waals surface area contributed by atoms with Gasteiger partial charge in [-0.3, -0.25) is 9.59 Å². The van der Waals surface area contributed by atoms with E-state index in [0.29, 0.717) is 17.7 Å². The summed E-state index contributed by atoms with van der Waals surface area (Å²) < 4.78 is 5.58. The second kappa shape index (κ2) is 20.0. The van der Waals surface area contributed by atoms with Crippen molar-refractivity contribution in [1.29, 1.82) is 0 Å². The smallest absolute Gasteiger partial charge is 0.335 e. The molecule has 0 radical (unpaired) electrons. The highest BCUT2D eigenvalue weighted by Crippen LogP contribution is 2.21. The first kappa shape index (κ1) is 34.3. The van der Waals surface area contributed by atoms with Crippen LogP contribution in [0.1, 0.15) is 111 Å². The predicted molar refractivity (Wildman–Crippen MR) is 169 cm³/mol. The number of carboxylic acids is 2. The molecule has 3 aromatic rings. The van der Waals surface area contributed by atoms with Crippen LogP contribution in [0.2, 0.25) is 0 Å². The molecule has 0 aromatic heterocycles. The lowest BCUT2D eigenvalue weighted by Gasteiger charge is -2.06. The topological polar surface area (TPSA) is 101 Å². The van der Waals surface area contributed by atoms with Gasteiger partial charge in [-0.25, -0.2) is 4.79 Å². The van der Waals surface area contributed by atoms with Crippen LogP contribution in [-0.2, 0) is 11.2 Å². The van der Waals surface area contributed by atoms with E-state index in [9.17, 15) is 14.4 Å². The van der Waals surface area contributed by atoms with Crippen LogP contribution in [0.15, 0.2) is 72.8 Å². The number of aliphatic carboxylic acids is 1. The Kier molecular flexibility index (Phi) is 16.3. The van der Waals surface area contributed by atoms with Crippen LogP contribution in [0, 0.1) is 0 Å². The summed E-state index contributed by atoms with van der Waals surface area (Å²) >= 11 is 0. The van der Waals surface area contributed by atoms with E-state index in [4.69, 9.17) is 14.9 Å². The molecule has 0 aliphatic carbocycles. The van der Waals surface area contributed by atoms with Crippen molar-refractivity contribution in [2.75, 3.05) is 6.61 Å². The van der Waals surface area contributed by atoms with Crippen LogP contribution in [0.4, 0.5) is 0 Å². The van der Waals surface area contributed by atoms with E-state index in [-0.39, 0.29) is 18.6 Å². The fourth-order valence-corrected chi connectivity index (χ4v) is 4.42. The number of aromatic carboxylic acids is 1. The van der Waals surface area contributed by atoms with Gasteiger partial charge in [0.1, 0.15) is 5.75 Å². The van der Waals surface area contributed by atoms with Gasteiger partial charge in [0.05, 0.1) is 18.6 Å². The van der Waals surface area contributed by atoms with E-state index in [2.05, 4.69) is 38.1 Å². The third-order valence-electron chi connectivity index (χ3n) is 7.00. The molecule has 0 spiro atoms. The number of ether oxygens (including phenoxy) is 1. The van der Waals surface area contributed by atoms with Gasteiger partial charge in [0, 0.05) is 12.0 Å². The molecular formula is C36H46O6. The van der Waals surface area contributed by atoms with Crippen LogP contribution in [0.3, 0.4) is 0 Å². The first-order valence-electron chi connectivity index (χ1n) is 15.2. The molecule has 6 heteroatoms. The molecule has 0 aliphatic heterocycles. The number of hydrogen-bond donors (Lipinski definition) is 2. The van der Waals surface area contributed by atoms with Gasteiger partial charge in [0.15, 0.2) is 5.78 Å². The summed E-state index contributed by atoms with van der Waals surface area (Å²) in [5.41, 5.74) is 4.42. The fourth-order valence-electron chi connectivity index (χ4n) is 4.42. The zero-order valence-corrected chi connectivity index (χ0v) is 25.1. The molecule has 0 saturated carbocycles. The highest BCUT2D eigenvalue weighted by Gasteiger charge is 2.08. The second-order valence-corrected chi connectivity index (χ2v) is 10.5. The molecule has 0 fully saturated rings. The molecule has 3 rings (SSSR count). The van der Waals surface area contributed by atoms with Gasteiger partial charge in [0.2, 0.25) is 0 Å². The number of aryl methyl sites for hydroxylation is 1. The highest BCUT2D eigenvalue weighted by molar-refractivity contribution is 5.97. The highest BCUT2D eigenvalue weighted by atomic mass is 16.5. The van der Waals surface area contributed by atoms with Crippen LogP contribution in [0.25, 0.3) is 11.1 Å². The largest absolute Gasteiger partial charge is 0.494 e. The van der Waals surface area contributed by atoms with Gasteiger partial charge in [0.25, 0.3) is 0 Å². The van der Waals surface area contributed by atoms with Crippen LogP contribution < -0.4 is 4.74 Å². The molecule has 0 bridgehead atoms. The lowest BCUT2D eigenvalue weighted by atomic mass is 10.00. The second-order valence-electron chi connectivity index (χ2n) is 10.5. The number of hydrogen-bond acceptors (Lipinski definition) is 4. The maximum Gasteiger partial charge on any atom is 0.335 e. The van der Waals surface area contributed by atoms with Crippen molar-refractivity contribution < 1.29 is 29.3 Å². The fraction of sp³-hybridized carbons (Fsp3) is 0.417. The molecule has 42 heavy (non-hydrogen) atoms. The number of Topliss-reactive ketones (excluding diaryl/α,β-unsaturated/α-hetero) is 1. The summed E-state index contributed by atoms with van der Waals surface area (Å²) in [6.45, 7) is 5.09. The minimum atomic E-state index is -0.953. The molecule has 0 heterocycles. The molecule has 0 amide bonds. The Hall–Kier alpha value is -3.93. The van der Waals surface area contributed by atoms with Gasteiger partial charge in [-0.2, -0.15) is 0 Å². The van der Waals surface area contributed by atoms with Gasteiger partial charge < -0.3 is 14.9 Å². The van der Waals surface area contributed by atoms with E-state index in [1.807, 2.05) is 12.1 Å². The summed E-state index contributed by atoms with van der Waals surface area (Å²) in [5.74, 6) is -1.24. The zero-order valence-electron chi connectivity index (χ0n) is 25.1. The van der Waals surface area contributed by atoms with Crippen LogP contribution >= 0.6 is 0 Å². The standard InChI is InChI=1S/C20H24O2.C16H22O4/c1-2-3-4-5-6-7-16-8-10-17(11-9-16)18-12-14-19(15-13-18)20(21)22;1-2-3-4-5-12-20-14-8-6-13(7-9-14)15(17)10-11-16(18)19/h8-15H,2-7H2,1H3,(H,21,22);6-9H,2-5,10-12H2,1H3,(H,18,19). The minimum absolute atomic E-state index is 0.0343. The summed E-state index contributed by atoms with van der Waals surface area (Å²) in [6.07, 6.45) is 12.2. The Morgan fingerprint density at radius 3 is 1.67 bits per heavy atom. The number of benzene rings is 3. The quantitative estimate of drug-likeness (QED) is 0.116. The number of ketones is 1. The van der Waals surface area contributed by atoms with Crippen LogP contribution in [0.5, 0.6) is 5.75 Å². The molecule has 0 aliphatic rings. The summed E-state index contributed by atoms with van der Waals surface area (Å²) in [4.78, 5) is 33.0. The molecular weight excluding hydrogens is 528 g/mol. The van der Waals surface area contributed by atoms with Crippen molar-refractivity contribution in [2.45, 2.75) is 90.9 Å². The molecule has 0 saturated heterocycles.